The van der Waals surface area contributed by atoms with Crippen LogP contribution in [0.15, 0.2) is 47.6 Å². The molecular weight excluding hydrogens is 390 g/mol. The average molecular weight is 411 g/mol. The summed E-state index contributed by atoms with van der Waals surface area (Å²) in [6, 6.07) is 11.2. The molecule has 0 fully saturated rings. The molecule has 4 N–H and O–H groups in total. The Kier molecular flexibility index (Phi) is 6.30. The molecule has 0 aliphatic heterocycles. The summed E-state index contributed by atoms with van der Waals surface area (Å²) in [4.78, 5) is 7.80. The second kappa shape index (κ2) is 9.07. The molecule has 29 heavy (non-hydrogen) atoms. The number of aromatic amines is 1. The summed E-state index contributed by atoms with van der Waals surface area (Å²) in [5.41, 5.74) is 11.1. The first kappa shape index (κ1) is 20.2. The van der Waals surface area contributed by atoms with Crippen LogP contribution in [0.2, 0.25) is 0 Å². The van der Waals surface area contributed by atoms with E-state index in [9.17, 15) is 0 Å². The summed E-state index contributed by atoms with van der Waals surface area (Å²) in [5, 5.41) is 4.31. The Morgan fingerprint density at radius 3 is 2.41 bits per heavy atom. The Morgan fingerprint density at radius 1 is 1.14 bits per heavy atom. The van der Waals surface area contributed by atoms with Gasteiger partial charge in [0.1, 0.15) is 23.0 Å². The van der Waals surface area contributed by atoms with E-state index in [0.29, 0.717) is 28.8 Å². The Hall–Kier alpha value is -3.59. The molecule has 3 aromatic rings. The van der Waals surface area contributed by atoms with E-state index in [1.807, 2.05) is 30.3 Å². The lowest BCUT2D eigenvalue weighted by Crippen LogP contribution is -2.25. The number of nitrogens with one attached hydrogen (secondary N) is 2. The lowest BCUT2D eigenvalue weighted by Gasteiger charge is -2.12. The molecule has 150 valence electrons. The lowest BCUT2D eigenvalue weighted by atomic mass is 10.1. The van der Waals surface area contributed by atoms with Gasteiger partial charge in [-0.15, -0.1) is 0 Å². The molecule has 0 amide bonds. The van der Waals surface area contributed by atoms with Crippen LogP contribution >= 0.6 is 12.2 Å². The zero-order valence-corrected chi connectivity index (χ0v) is 17.0. The quantitative estimate of drug-likeness (QED) is 0.312. The smallest absolute Gasteiger partial charge is 0.184 e. The summed E-state index contributed by atoms with van der Waals surface area (Å²) in [5.74, 6) is 2.35. The number of nitrogens with zero attached hydrogens (tertiary/aromatic N) is 2. The van der Waals surface area contributed by atoms with Gasteiger partial charge in [0.2, 0.25) is 0 Å². The van der Waals surface area contributed by atoms with Crippen molar-refractivity contribution in [3.63, 3.8) is 0 Å². The van der Waals surface area contributed by atoms with E-state index in [1.54, 1.807) is 39.5 Å². The van der Waals surface area contributed by atoms with Gasteiger partial charge in [-0.2, -0.15) is 5.10 Å². The van der Waals surface area contributed by atoms with Crippen LogP contribution < -0.4 is 25.4 Å². The molecule has 0 radical (unpaired) electrons. The third kappa shape index (κ3) is 4.64. The molecule has 0 bridgehead atoms. The zero-order chi connectivity index (χ0) is 20.8. The predicted octanol–water partition coefficient (Wildman–Crippen LogP) is 2.84. The number of ether oxygens (including phenoxy) is 3. The first-order valence-electron chi connectivity index (χ1n) is 8.62. The van der Waals surface area contributed by atoms with Gasteiger partial charge in [0, 0.05) is 12.1 Å². The van der Waals surface area contributed by atoms with E-state index in [-0.39, 0.29) is 5.11 Å². The van der Waals surface area contributed by atoms with E-state index in [4.69, 9.17) is 32.2 Å². The van der Waals surface area contributed by atoms with Crippen LogP contribution in [-0.2, 0) is 0 Å². The minimum absolute atomic E-state index is 0.0478. The number of imidazole rings is 1. The number of rotatable bonds is 7. The fourth-order valence-corrected chi connectivity index (χ4v) is 2.76. The van der Waals surface area contributed by atoms with Gasteiger partial charge in [-0.25, -0.2) is 4.98 Å². The largest absolute Gasteiger partial charge is 0.496 e. The summed E-state index contributed by atoms with van der Waals surface area (Å²) in [7, 11) is 4.74. The Balaban J connectivity index is 2.05. The van der Waals surface area contributed by atoms with Gasteiger partial charge in [-0.3, -0.25) is 5.43 Å². The summed E-state index contributed by atoms with van der Waals surface area (Å²) in [6.07, 6.45) is 3.57. The minimum atomic E-state index is 0.0478. The first-order chi connectivity index (χ1) is 14.0. The van der Waals surface area contributed by atoms with Gasteiger partial charge < -0.3 is 24.9 Å². The Labute approximate surface area is 173 Å². The van der Waals surface area contributed by atoms with Gasteiger partial charge in [-0.05, 0) is 36.5 Å². The molecule has 0 unspecified atom stereocenters. The standard InChI is InChI=1S/C20H21N5O3S/c1-26-12-10-17(27-2)13(18(11-12)28-3)8-9-16(24-25-20(21)29)19-22-14-6-4-5-7-15(14)23-19/h4-11H,1-3H3,(H,22,23)(H3,21,25,29)/b9-8+,24-16-. The van der Waals surface area contributed by atoms with Gasteiger partial charge in [0.05, 0.1) is 37.9 Å². The van der Waals surface area contributed by atoms with Gasteiger partial charge in [-0.1, -0.05) is 12.1 Å². The minimum Gasteiger partial charge on any atom is -0.496 e. The second-order valence-corrected chi connectivity index (χ2v) is 6.29. The highest BCUT2D eigenvalue weighted by atomic mass is 32.1. The number of hydrogen-bond acceptors (Lipinski definition) is 6. The van der Waals surface area contributed by atoms with Crippen molar-refractivity contribution >= 4 is 40.2 Å². The number of hydrogen-bond donors (Lipinski definition) is 3. The number of aromatic nitrogens is 2. The Bertz CT molecular complexity index is 1030. The molecule has 9 heteroatoms. The number of H-pyrrole nitrogens is 1. The number of allylic oxidation sites excluding steroid dienone is 1. The van der Waals surface area contributed by atoms with E-state index in [0.717, 1.165) is 16.6 Å². The van der Waals surface area contributed by atoms with Gasteiger partial charge in [0.15, 0.2) is 10.9 Å². The number of thiocarbonyl (C=S) groups is 1. The number of methoxy groups -OCH3 is 3. The molecule has 0 saturated carbocycles. The highest BCUT2D eigenvalue weighted by molar-refractivity contribution is 7.80. The highest BCUT2D eigenvalue weighted by Gasteiger charge is 2.13. The van der Waals surface area contributed by atoms with E-state index in [2.05, 4.69) is 20.5 Å². The molecule has 0 aliphatic carbocycles. The van der Waals surface area contributed by atoms with Gasteiger partial charge in [0.25, 0.3) is 0 Å². The van der Waals surface area contributed by atoms with Crippen LogP contribution in [0.3, 0.4) is 0 Å². The van der Waals surface area contributed by atoms with E-state index in [1.165, 1.54) is 0 Å². The van der Waals surface area contributed by atoms with E-state index >= 15 is 0 Å². The molecule has 0 spiro atoms. The number of hydrazone groups is 1. The van der Waals surface area contributed by atoms with Crippen LogP contribution in [0.1, 0.15) is 11.4 Å². The van der Waals surface area contributed by atoms with Crippen LogP contribution in [0.5, 0.6) is 17.2 Å². The van der Waals surface area contributed by atoms with Crippen LogP contribution in [0.25, 0.3) is 17.1 Å². The highest BCUT2D eigenvalue weighted by Crippen LogP contribution is 2.35. The molecule has 2 aromatic carbocycles. The summed E-state index contributed by atoms with van der Waals surface area (Å²) in [6.45, 7) is 0. The molecule has 0 atom stereocenters. The van der Waals surface area contributed by atoms with Crippen LogP contribution in [0, 0.1) is 0 Å². The molecule has 1 heterocycles. The molecular formula is C20H21N5O3S. The predicted molar refractivity (Wildman–Crippen MR) is 118 cm³/mol. The SMILES string of the molecule is COc1cc(OC)c(/C=C/C(=N/NC(N)=S)c2nc3ccccc3[nH]2)c(OC)c1. The monoisotopic (exact) mass is 411 g/mol. The number of benzene rings is 2. The van der Waals surface area contributed by atoms with Crippen molar-refractivity contribution < 1.29 is 14.2 Å². The number of para-hydroxylation sites is 2. The van der Waals surface area contributed by atoms with Crippen molar-refractivity contribution in [3.05, 3.63) is 53.9 Å². The maximum Gasteiger partial charge on any atom is 0.184 e. The normalized spacial score (nSPS) is 11.6. The van der Waals surface area contributed by atoms with Gasteiger partial charge >= 0.3 is 0 Å². The maximum absolute atomic E-state index is 5.53. The summed E-state index contributed by atoms with van der Waals surface area (Å²) >= 11 is 4.86. The van der Waals surface area contributed by atoms with Crippen molar-refractivity contribution in [2.75, 3.05) is 21.3 Å². The second-order valence-electron chi connectivity index (χ2n) is 5.85. The van der Waals surface area contributed by atoms with Crippen molar-refractivity contribution in [1.29, 1.82) is 0 Å². The number of fused-ring (bicyclic) bond motifs is 1. The lowest BCUT2D eigenvalue weighted by molar-refractivity contribution is 0.374. The molecule has 0 saturated heterocycles. The third-order valence-electron chi connectivity index (χ3n) is 4.08. The number of nitrogens with two attached hydrogens (primary N) is 1. The van der Waals surface area contributed by atoms with Crippen molar-refractivity contribution in [2.24, 2.45) is 10.8 Å². The molecule has 0 aliphatic rings. The van der Waals surface area contributed by atoms with Crippen molar-refractivity contribution in [3.8, 4) is 17.2 Å². The molecule has 1 aromatic heterocycles. The van der Waals surface area contributed by atoms with Crippen LogP contribution in [-0.4, -0.2) is 42.1 Å². The molecule has 3 rings (SSSR count). The fourth-order valence-electron chi connectivity index (χ4n) is 2.72. The van der Waals surface area contributed by atoms with Crippen molar-refractivity contribution in [2.45, 2.75) is 0 Å². The first-order valence-corrected chi connectivity index (χ1v) is 9.03. The van der Waals surface area contributed by atoms with Crippen molar-refractivity contribution in [1.82, 2.24) is 15.4 Å². The topological polar surface area (TPSA) is 107 Å². The van der Waals surface area contributed by atoms with E-state index < -0.39 is 0 Å². The zero-order valence-electron chi connectivity index (χ0n) is 16.2. The average Bonchev–Trinajstić information content (AvgIpc) is 3.17. The third-order valence-corrected chi connectivity index (χ3v) is 4.17. The maximum atomic E-state index is 5.53. The summed E-state index contributed by atoms with van der Waals surface area (Å²) < 4.78 is 16.3. The fraction of sp³-hybridized carbons (Fsp3) is 0.150. The van der Waals surface area contributed by atoms with Crippen LogP contribution in [0.4, 0.5) is 0 Å². The molecule has 8 nitrogen and oxygen atoms in total. The Morgan fingerprint density at radius 2 is 1.83 bits per heavy atom.